The maximum atomic E-state index is 12.1. The first-order chi connectivity index (χ1) is 15.2. The van der Waals surface area contributed by atoms with Crippen LogP contribution in [-0.4, -0.2) is 42.1 Å². The maximum Gasteiger partial charge on any atom is 0.350 e. The molecule has 2 aliphatic heterocycles. The van der Waals surface area contributed by atoms with Gasteiger partial charge in [0.2, 0.25) is 0 Å². The zero-order chi connectivity index (χ0) is 20.9. The number of hydrogen-bond donors (Lipinski definition) is 0. The predicted octanol–water partition coefficient (Wildman–Crippen LogP) is 2.55. The number of pyridine rings is 1. The minimum Gasteiger partial charge on any atom is -0.490 e. The number of rotatable bonds is 2. The van der Waals surface area contributed by atoms with Crippen LogP contribution in [-0.2, 0) is 20.0 Å². The summed E-state index contributed by atoms with van der Waals surface area (Å²) in [5.74, 6) is 2.81. The molecular weight excluding hydrogens is 394 g/mol. The van der Waals surface area contributed by atoms with Gasteiger partial charge in [0, 0.05) is 43.5 Å². The molecule has 0 N–H and O–H groups in total. The SMILES string of the molecule is Cn1nc2cc(N3CCOc4cc(-c5nnc6n5CCCCC6)ccc43)ccn2c1=O. The molecule has 0 amide bonds. The second kappa shape index (κ2) is 6.97. The molecular formula is C22H23N7O2. The van der Waals surface area contributed by atoms with Crippen LogP contribution in [0.5, 0.6) is 5.75 Å². The Bertz CT molecular complexity index is 1350. The lowest BCUT2D eigenvalue weighted by atomic mass is 10.1. The number of hydrogen-bond acceptors (Lipinski definition) is 6. The highest BCUT2D eigenvalue weighted by Gasteiger charge is 2.23. The van der Waals surface area contributed by atoms with Crippen molar-refractivity contribution in [3.63, 3.8) is 0 Å². The zero-order valence-electron chi connectivity index (χ0n) is 17.4. The number of ether oxygens (including phenoxy) is 1. The average Bonchev–Trinajstić information content (AvgIpc) is 3.22. The van der Waals surface area contributed by atoms with Gasteiger partial charge in [-0.2, -0.15) is 5.10 Å². The lowest BCUT2D eigenvalue weighted by molar-refractivity contribution is 0.314. The Balaban J connectivity index is 1.39. The van der Waals surface area contributed by atoms with Crippen LogP contribution in [0.15, 0.2) is 41.3 Å². The van der Waals surface area contributed by atoms with Gasteiger partial charge in [-0.25, -0.2) is 9.48 Å². The van der Waals surface area contributed by atoms with E-state index in [1.54, 1.807) is 17.6 Å². The summed E-state index contributed by atoms with van der Waals surface area (Å²) >= 11 is 0. The molecule has 0 saturated heterocycles. The molecule has 9 nitrogen and oxygen atoms in total. The van der Waals surface area contributed by atoms with Crippen molar-refractivity contribution in [2.45, 2.75) is 32.2 Å². The Labute approximate surface area is 178 Å². The van der Waals surface area contributed by atoms with Gasteiger partial charge >= 0.3 is 5.69 Å². The van der Waals surface area contributed by atoms with Crippen molar-refractivity contribution in [2.24, 2.45) is 7.05 Å². The molecule has 0 atom stereocenters. The molecule has 0 aliphatic carbocycles. The Morgan fingerprint density at radius 2 is 1.97 bits per heavy atom. The van der Waals surface area contributed by atoms with Crippen LogP contribution in [0.25, 0.3) is 17.0 Å². The predicted molar refractivity (Wildman–Crippen MR) is 116 cm³/mol. The van der Waals surface area contributed by atoms with E-state index in [4.69, 9.17) is 4.74 Å². The number of fused-ring (bicyclic) bond motifs is 3. The molecule has 31 heavy (non-hydrogen) atoms. The van der Waals surface area contributed by atoms with Crippen molar-refractivity contribution in [3.05, 3.63) is 52.8 Å². The first kappa shape index (κ1) is 18.2. The van der Waals surface area contributed by atoms with Crippen LogP contribution in [0, 0.1) is 0 Å². The Morgan fingerprint density at radius 1 is 1.03 bits per heavy atom. The van der Waals surface area contributed by atoms with E-state index >= 15 is 0 Å². The van der Waals surface area contributed by atoms with E-state index < -0.39 is 0 Å². The van der Waals surface area contributed by atoms with Crippen LogP contribution in [0.4, 0.5) is 11.4 Å². The number of aryl methyl sites for hydroxylation is 2. The molecule has 0 saturated carbocycles. The molecule has 6 rings (SSSR count). The lowest BCUT2D eigenvalue weighted by Gasteiger charge is -2.31. The van der Waals surface area contributed by atoms with E-state index in [-0.39, 0.29) is 5.69 Å². The average molecular weight is 417 g/mol. The second-order valence-corrected chi connectivity index (χ2v) is 8.10. The molecule has 1 aromatic carbocycles. The molecule has 0 spiro atoms. The summed E-state index contributed by atoms with van der Waals surface area (Å²) in [6.07, 6.45) is 6.33. The molecule has 3 aromatic heterocycles. The third-order valence-corrected chi connectivity index (χ3v) is 6.16. The van der Waals surface area contributed by atoms with Crippen LogP contribution in [0.1, 0.15) is 25.1 Å². The number of aromatic nitrogens is 6. The number of anilines is 2. The van der Waals surface area contributed by atoms with Crippen LogP contribution in [0.3, 0.4) is 0 Å². The van der Waals surface area contributed by atoms with E-state index in [9.17, 15) is 4.79 Å². The minimum atomic E-state index is -0.152. The third-order valence-electron chi connectivity index (χ3n) is 6.16. The van der Waals surface area contributed by atoms with Crippen molar-refractivity contribution in [2.75, 3.05) is 18.1 Å². The fourth-order valence-corrected chi connectivity index (χ4v) is 4.56. The van der Waals surface area contributed by atoms with Gasteiger partial charge in [0.15, 0.2) is 11.5 Å². The van der Waals surface area contributed by atoms with E-state index in [0.717, 1.165) is 60.3 Å². The van der Waals surface area contributed by atoms with E-state index in [2.05, 4.69) is 43.0 Å². The molecule has 5 heterocycles. The fraction of sp³-hybridized carbons (Fsp3) is 0.364. The Kier molecular flexibility index (Phi) is 4.09. The quantitative estimate of drug-likeness (QED) is 0.499. The largest absolute Gasteiger partial charge is 0.490 e. The first-order valence-corrected chi connectivity index (χ1v) is 10.7. The molecule has 2 aliphatic rings. The highest BCUT2D eigenvalue weighted by atomic mass is 16.5. The van der Waals surface area contributed by atoms with Gasteiger partial charge < -0.3 is 14.2 Å². The van der Waals surface area contributed by atoms with E-state index in [1.807, 2.05) is 12.1 Å². The third kappa shape index (κ3) is 2.91. The summed E-state index contributed by atoms with van der Waals surface area (Å²) in [6, 6.07) is 10.1. The van der Waals surface area contributed by atoms with Gasteiger partial charge in [0.25, 0.3) is 0 Å². The summed E-state index contributed by atoms with van der Waals surface area (Å²) in [5, 5.41) is 13.2. The smallest absolute Gasteiger partial charge is 0.350 e. The molecule has 4 aromatic rings. The summed E-state index contributed by atoms with van der Waals surface area (Å²) < 4.78 is 11.2. The van der Waals surface area contributed by atoms with Crippen LogP contribution in [0.2, 0.25) is 0 Å². The molecule has 0 unspecified atom stereocenters. The normalized spacial score (nSPS) is 16.0. The fourth-order valence-electron chi connectivity index (χ4n) is 4.56. The Hall–Kier alpha value is -3.62. The maximum absolute atomic E-state index is 12.1. The van der Waals surface area contributed by atoms with Gasteiger partial charge in [-0.1, -0.05) is 6.42 Å². The van der Waals surface area contributed by atoms with Crippen LogP contribution < -0.4 is 15.3 Å². The second-order valence-electron chi connectivity index (χ2n) is 8.10. The summed E-state index contributed by atoms with van der Waals surface area (Å²) in [5.41, 5.74) is 3.47. The van der Waals surface area contributed by atoms with Crippen molar-refractivity contribution < 1.29 is 4.74 Å². The minimum absolute atomic E-state index is 0.152. The Morgan fingerprint density at radius 3 is 2.90 bits per heavy atom. The van der Waals surface area contributed by atoms with Crippen molar-refractivity contribution >= 4 is 17.0 Å². The zero-order valence-corrected chi connectivity index (χ0v) is 17.4. The molecule has 0 fully saturated rings. The molecule has 9 heteroatoms. The lowest BCUT2D eigenvalue weighted by Crippen LogP contribution is -2.28. The molecule has 0 bridgehead atoms. The van der Waals surface area contributed by atoms with Crippen molar-refractivity contribution in [1.29, 1.82) is 0 Å². The van der Waals surface area contributed by atoms with Gasteiger partial charge in [-0.15, -0.1) is 10.2 Å². The molecule has 0 radical (unpaired) electrons. The van der Waals surface area contributed by atoms with Gasteiger partial charge in [0.05, 0.1) is 12.2 Å². The summed E-state index contributed by atoms with van der Waals surface area (Å²) in [6.45, 7) is 2.26. The first-order valence-electron chi connectivity index (χ1n) is 10.7. The summed E-state index contributed by atoms with van der Waals surface area (Å²) in [4.78, 5) is 14.3. The topological polar surface area (TPSA) is 82.5 Å². The van der Waals surface area contributed by atoms with E-state index in [0.29, 0.717) is 12.3 Å². The van der Waals surface area contributed by atoms with E-state index in [1.165, 1.54) is 17.5 Å². The van der Waals surface area contributed by atoms with Crippen LogP contribution >= 0.6 is 0 Å². The standard InChI is InChI=1S/C22H23N7O2/c1-26-22(30)29-10-8-16(14-20(29)25-26)27-11-12-31-18-13-15(6-7-17(18)27)21-24-23-19-5-3-2-4-9-28(19)21/h6-8,10,13-14H,2-5,9,11-12H2,1H3. The van der Waals surface area contributed by atoms with Gasteiger partial charge in [-0.3, -0.25) is 4.40 Å². The highest BCUT2D eigenvalue weighted by Crippen LogP contribution is 2.39. The molecule has 158 valence electrons. The number of nitrogens with zero attached hydrogens (tertiary/aromatic N) is 7. The van der Waals surface area contributed by atoms with Gasteiger partial charge in [-0.05, 0) is 37.1 Å². The number of benzene rings is 1. The van der Waals surface area contributed by atoms with Crippen molar-refractivity contribution in [3.8, 4) is 17.1 Å². The van der Waals surface area contributed by atoms with Gasteiger partial charge in [0.1, 0.15) is 18.2 Å². The summed E-state index contributed by atoms with van der Waals surface area (Å²) in [7, 11) is 1.66. The monoisotopic (exact) mass is 417 g/mol. The van der Waals surface area contributed by atoms with Crippen molar-refractivity contribution in [1.82, 2.24) is 28.9 Å². The highest BCUT2D eigenvalue weighted by molar-refractivity contribution is 5.75.